The van der Waals surface area contributed by atoms with Gasteiger partial charge in [0.25, 0.3) is 0 Å². The maximum absolute atomic E-state index is 12.1. The van der Waals surface area contributed by atoms with Crippen LogP contribution < -0.4 is 0 Å². The van der Waals surface area contributed by atoms with Crippen molar-refractivity contribution in [2.75, 3.05) is 13.6 Å². The average Bonchev–Trinajstić information content (AvgIpc) is 2.49. The fraction of sp³-hybridized carbons (Fsp3) is 0.818. The van der Waals surface area contributed by atoms with E-state index in [9.17, 15) is 14.7 Å². The molecule has 2 aliphatic rings. The Morgan fingerprint density at radius 3 is 2.29 bits per heavy atom. The van der Waals surface area contributed by atoms with E-state index in [1.807, 2.05) is 0 Å². The highest BCUT2D eigenvalue weighted by molar-refractivity contribution is 5.80. The summed E-state index contributed by atoms with van der Waals surface area (Å²) in [6.07, 6.45) is 2.73. The number of hydrogen-bond acceptors (Lipinski definition) is 3. The summed E-state index contributed by atoms with van der Waals surface area (Å²) in [7, 11) is 1.50. The molecule has 2 amide bonds. The van der Waals surface area contributed by atoms with Crippen molar-refractivity contribution in [1.82, 2.24) is 9.80 Å². The SMILES string of the molecule is CN(CC(=O)O)C(=O)N1C2CCC1CC(O)C2. The van der Waals surface area contributed by atoms with Crippen LogP contribution in [0.5, 0.6) is 0 Å². The van der Waals surface area contributed by atoms with Crippen LogP contribution in [0.1, 0.15) is 25.7 Å². The van der Waals surface area contributed by atoms with Crippen LogP contribution in [-0.2, 0) is 4.79 Å². The third-order valence-electron chi connectivity index (χ3n) is 3.63. The number of aliphatic hydroxyl groups is 1. The Labute approximate surface area is 99.8 Å². The number of carboxylic acids is 1. The van der Waals surface area contributed by atoms with Crippen molar-refractivity contribution in [1.29, 1.82) is 0 Å². The molecule has 0 aromatic heterocycles. The van der Waals surface area contributed by atoms with Gasteiger partial charge in [-0.1, -0.05) is 0 Å². The molecule has 6 nitrogen and oxygen atoms in total. The topological polar surface area (TPSA) is 81.1 Å². The van der Waals surface area contributed by atoms with Gasteiger partial charge >= 0.3 is 12.0 Å². The van der Waals surface area contributed by atoms with Gasteiger partial charge in [0.15, 0.2) is 0 Å². The smallest absolute Gasteiger partial charge is 0.323 e. The fourth-order valence-corrected chi connectivity index (χ4v) is 2.93. The highest BCUT2D eigenvalue weighted by Gasteiger charge is 2.43. The molecular weight excluding hydrogens is 224 g/mol. The number of fused-ring (bicyclic) bond motifs is 2. The average molecular weight is 242 g/mol. The number of piperidine rings is 1. The number of urea groups is 1. The highest BCUT2D eigenvalue weighted by Crippen LogP contribution is 2.36. The van der Waals surface area contributed by atoms with Gasteiger partial charge in [-0.2, -0.15) is 0 Å². The van der Waals surface area contributed by atoms with Gasteiger partial charge < -0.3 is 20.0 Å². The van der Waals surface area contributed by atoms with E-state index < -0.39 is 5.97 Å². The zero-order chi connectivity index (χ0) is 12.6. The third-order valence-corrected chi connectivity index (χ3v) is 3.63. The Morgan fingerprint density at radius 1 is 1.29 bits per heavy atom. The van der Waals surface area contributed by atoms with E-state index >= 15 is 0 Å². The van der Waals surface area contributed by atoms with Crippen molar-refractivity contribution in [3.8, 4) is 0 Å². The molecule has 96 valence electrons. The molecular formula is C11H18N2O4. The summed E-state index contributed by atoms with van der Waals surface area (Å²) in [5.41, 5.74) is 0. The molecule has 0 spiro atoms. The molecule has 6 heteroatoms. The van der Waals surface area contributed by atoms with Crippen molar-refractivity contribution in [2.24, 2.45) is 0 Å². The van der Waals surface area contributed by atoms with E-state index in [2.05, 4.69) is 0 Å². The number of hydrogen-bond donors (Lipinski definition) is 2. The molecule has 2 saturated heterocycles. The largest absolute Gasteiger partial charge is 0.480 e. The number of rotatable bonds is 2. The second-order valence-corrected chi connectivity index (χ2v) is 4.95. The minimum absolute atomic E-state index is 0.0764. The molecule has 2 bridgehead atoms. The van der Waals surface area contributed by atoms with E-state index in [4.69, 9.17) is 5.11 Å². The molecule has 0 aromatic rings. The van der Waals surface area contributed by atoms with Crippen LogP contribution in [0, 0.1) is 0 Å². The van der Waals surface area contributed by atoms with Gasteiger partial charge in [-0.3, -0.25) is 4.79 Å². The van der Waals surface area contributed by atoms with Gasteiger partial charge in [-0.05, 0) is 25.7 Å². The van der Waals surface area contributed by atoms with Crippen LogP contribution in [0.2, 0.25) is 0 Å². The molecule has 2 atom stereocenters. The standard InChI is InChI=1S/C11H18N2O4/c1-12(6-10(15)16)11(17)13-7-2-3-8(13)5-9(14)4-7/h7-9,14H,2-6H2,1H3,(H,15,16). The predicted molar refractivity (Wildman–Crippen MR) is 59.6 cm³/mol. The highest BCUT2D eigenvalue weighted by atomic mass is 16.4. The minimum Gasteiger partial charge on any atom is -0.480 e. The summed E-state index contributed by atoms with van der Waals surface area (Å²) in [6, 6.07) is -0.0770. The first-order chi connectivity index (χ1) is 7.99. The molecule has 0 aliphatic carbocycles. The number of carbonyl (C=O) groups is 2. The van der Waals surface area contributed by atoms with Gasteiger partial charge in [0.05, 0.1) is 6.10 Å². The Morgan fingerprint density at radius 2 is 1.82 bits per heavy atom. The molecule has 2 fully saturated rings. The van der Waals surface area contributed by atoms with Crippen molar-refractivity contribution in [2.45, 2.75) is 43.9 Å². The van der Waals surface area contributed by atoms with Crippen LogP contribution >= 0.6 is 0 Å². The first-order valence-corrected chi connectivity index (χ1v) is 5.92. The number of aliphatic carboxylic acids is 1. The maximum atomic E-state index is 12.1. The summed E-state index contributed by atoms with van der Waals surface area (Å²) in [5, 5.41) is 18.3. The van der Waals surface area contributed by atoms with Crippen LogP contribution in [-0.4, -0.2) is 63.8 Å². The normalized spacial score (nSPS) is 31.4. The summed E-state index contributed by atoms with van der Waals surface area (Å²) < 4.78 is 0. The van der Waals surface area contributed by atoms with Crippen LogP contribution in [0.25, 0.3) is 0 Å². The second-order valence-electron chi connectivity index (χ2n) is 4.95. The van der Waals surface area contributed by atoms with Crippen LogP contribution in [0.15, 0.2) is 0 Å². The summed E-state index contributed by atoms with van der Waals surface area (Å²) in [6.45, 7) is -0.280. The Balaban J connectivity index is 2.03. The van der Waals surface area contributed by atoms with Gasteiger partial charge in [-0.15, -0.1) is 0 Å². The zero-order valence-corrected chi connectivity index (χ0v) is 9.87. The van der Waals surface area contributed by atoms with Crippen LogP contribution in [0.3, 0.4) is 0 Å². The van der Waals surface area contributed by atoms with Gasteiger partial charge in [0.1, 0.15) is 6.54 Å². The predicted octanol–water partition coefficient (Wildman–Crippen LogP) is 0.110. The quantitative estimate of drug-likeness (QED) is 0.720. The van der Waals surface area contributed by atoms with Crippen molar-refractivity contribution in [3.05, 3.63) is 0 Å². The number of nitrogens with zero attached hydrogens (tertiary/aromatic N) is 2. The molecule has 2 N–H and O–H groups in total. The molecule has 2 unspecified atom stereocenters. The molecule has 0 saturated carbocycles. The summed E-state index contributed by atoms with van der Waals surface area (Å²) in [5.74, 6) is -1.01. The third kappa shape index (κ3) is 2.36. The van der Waals surface area contributed by atoms with Gasteiger partial charge in [-0.25, -0.2) is 4.79 Å². The lowest BCUT2D eigenvalue weighted by Gasteiger charge is -2.39. The van der Waals surface area contributed by atoms with E-state index in [-0.39, 0.29) is 30.8 Å². The van der Waals surface area contributed by atoms with Crippen LogP contribution in [0.4, 0.5) is 4.79 Å². The van der Waals surface area contributed by atoms with E-state index in [1.54, 1.807) is 4.90 Å². The Hall–Kier alpha value is -1.30. The van der Waals surface area contributed by atoms with Gasteiger partial charge in [0, 0.05) is 19.1 Å². The number of carbonyl (C=O) groups excluding carboxylic acids is 1. The lowest BCUT2D eigenvalue weighted by atomic mass is 10.0. The van der Waals surface area contributed by atoms with Crippen molar-refractivity contribution >= 4 is 12.0 Å². The lowest BCUT2D eigenvalue weighted by Crippen LogP contribution is -2.53. The maximum Gasteiger partial charge on any atom is 0.323 e. The van der Waals surface area contributed by atoms with E-state index in [0.717, 1.165) is 12.8 Å². The summed E-state index contributed by atoms with van der Waals surface area (Å²) >= 11 is 0. The molecule has 2 aliphatic heterocycles. The minimum atomic E-state index is -1.01. The van der Waals surface area contributed by atoms with Crippen molar-refractivity contribution in [3.63, 3.8) is 0 Å². The number of likely N-dealkylation sites (N-methyl/N-ethyl adjacent to an activating group) is 1. The van der Waals surface area contributed by atoms with Gasteiger partial charge in [0.2, 0.25) is 0 Å². The molecule has 2 heterocycles. The number of aliphatic hydroxyl groups excluding tert-OH is 1. The first-order valence-electron chi connectivity index (χ1n) is 5.92. The molecule has 17 heavy (non-hydrogen) atoms. The molecule has 2 rings (SSSR count). The first kappa shape index (κ1) is 12.2. The lowest BCUT2D eigenvalue weighted by molar-refractivity contribution is -0.137. The monoisotopic (exact) mass is 242 g/mol. The zero-order valence-electron chi connectivity index (χ0n) is 9.87. The Bertz CT molecular complexity index is 319. The van der Waals surface area contributed by atoms with E-state index in [0.29, 0.717) is 12.8 Å². The fourth-order valence-electron chi connectivity index (χ4n) is 2.93. The molecule has 0 radical (unpaired) electrons. The van der Waals surface area contributed by atoms with E-state index in [1.165, 1.54) is 11.9 Å². The van der Waals surface area contributed by atoms with Crippen molar-refractivity contribution < 1.29 is 19.8 Å². The molecule has 0 aromatic carbocycles. The second kappa shape index (κ2) is 4.52. The Kier molecular flexibility index (Phi) is 3.24. The number of carboxylic acid groups (broad SMARTS) is 1. The number of amides is 2. The summed E-state index contributed by atoms with van der Waals surface area (Å²) in [4.78, 5) is 25.7.